The number of carbonyl (C=O) groups is 1. The van der Waals surface area contributed by atoms with Crippen LogP contribution in [0, 0.1) is 12.7 Å². The Kier molecular flexibility index (Phi) is 12.5. The first kappa shape index (κ1) is 37.8. The third kappa shape index (κ3) is 7.89. The number of fused-ring (bicyclic) bond motifs is 3. The van der Waals surface area contributed by atoms with Crippen LogP contribution in [0.2, 0.25) is 0 Å². The monoisotopic (exact) mass is 706 g/mol. The highest BCUT2D eigenvalue weighted by atomic mass is 32.1. The van der Waals surface area contributed by atoms with Crippen molar-refractivity contribution in [3.05, 3.63) is 96.3 Å². The smallest absolute Gasteiger partial charge is 0.246 e. The van der Waals surface area contributed by atoms with Gasteiger partial charge in [0.25, 0.3) is 0 Å². The molecule has 1 aliphatic rings. The van der Waals surface area contributed by atoms with E-state index in [-0.39, 0.29) is 34.9 Å². The molecule has 1 amide bonds. The number of hydrogen-bond acceptors (Lipinski definition) is 7. The van der Waals surface area contributed by atoms with Crippen LogP contribution in [0.1, 0.15) is 44.8 Å². The second-order valence-corrected chi connectivity index (χ2v) is 12.2. The summed E-state index contributed by atoms with van der Waals surface area (Å²) < 4.78 is 51.9. The molecule has 264 valence electrons. The highest BCUT2D eigenvalue weighted by molar-refractivity contribution is 7.17. The van der Waals surface area contributed by atoms with Crippen molar-refractivity contribution in [2.75, 3.05) is 6.61 Å². The summed E-state index contributed by atoms with van der Waals surface area (Å²) in [6.45, 7) is 17.4. The molecular formula is C37H41F3N6O3S. The summed E-state index contributed by atoms with van der Waals surface area (Å²) in [6.07, 6.45) is 4.00. The topological polar surface area (TPSA) is 98.3 Å². The molecule has 5 heterocycles. The minimum absolute atomic E-state index is 0.0838. The van der Waals surface area contributed by atoms with E-state index in [9.17, 15) is 13.6 Å². The van der Waals surface area contributed by atoms with E-state index in [1.165, 1.54) is 17.7 Å². The molecule has 1 unspecified atom stereocenters. The molecule has 1 N–H and O–H groups in total. The number of aromatic nitrogens is 5. The SMILES string of the molecule is C=CC(=O)N1Cc2cc(-c3nc(-c4ccc5c(c4)nc(C)n5C)c4scc(F)c4c3C=C(F)/C=C/F)nn2C[C@@H]1C.C=COCC(C)O.CC. The summed E-state index contributed by atoms with van der Waals surface area (Å²) in [5, 5.41) is 14.8. The van der Waals surface area contributed by atoms with Gasteiger partial charge < -0.3 is 19.3 Å². The van der Waals surface area contributed by atoms with E-state index in [4.69, 9.17) is 15.2 Å². The van der Waals surface area contributed by atoms with Gasteiger partial charge in [0.2, 0.25) is 5.91 Å². The molecular weight excluding hydrogens is 666 g/mol. The average molecular weight is 707 g/mol. The summed E-state index contributed by atoms with van der Waals surface area (Å²) in [5.74, 6) is -0.802. The Bertz CT molecular complexity index is 2080. The van der Waals surface area contributed by atoms with Crippen molar-refractivity contribution in [3.8, 4) is 22.6 Å². The Hall–Kier alpha value is -5.01. The number of carbonyl (C=O) groups excluding carboxylic acids is 1. The molecule has 0 radical (unpaired) electrons. The minimum atomic E-state index is -0.902. The van der Waals surface area contributed by atoms with Gasteiger partial charge in [-0.25, -0.2) is 23.1 Å². The number of aliphatic hydroxyl groups excluding tert-OH is 1. The first-order valence-corrected chi connectivity index (χ1v) is 16.9. The zero-order valence-electron chi connectivity index (χ0n) is 29.0. The third-order valence-electron chi connectivity index (χ3n) is 7.91. The number of aliphatic hydroxyl groups is 1. The average Bonchev–Trinajstić information content (AvgIpc) is 3.78. The van der Waals surface area contributed by atoms with Crippen LogP contribution >= 0.6 is 11.3 Å². The van der Waals surface area contributed by atoms with Gasteiger partial charge >= 0.3 is 0 Å². The van der Waals surface area contributed by atoms with Gasteiger partial charge in [-0.05, 0) is 51.1 Å². The van der Waals surface area contributed by atoms with Crippen LogP contribution in [0.15, 0.2) is 73.4 Å². The van der Waals surface area contributed by atoms with Gasteiger partial charge in [0, 0.05) is 41.1 Å². The van der Waals surface area contributed by atoms with Gasteiger partial charge in [-0.15, -0.1) is 11.3 Å². The number of amides is 1. The lowest BCUT2D eigenvalue weighted by atomic mass is 10.0. The molecule has 0 saturated heterocycles. The van der Waals surface area contributed by atoms with E-state index in [0.717, 1.165) is 40.0 Å². The molecule has 1 aromatic carbocycles. The maximum Gasteiger partial charge on any atom is 0.246 e. The van der Waals surface area contributed by atoms with Crippen molar-refractivity contribution < 1.29 is 27.8 Å². The molecule has 0 spiro atoms. The fourth-order valence-corrected chi connectivity index (χ4v) is 6.44. The molecule has 1 aliphatic heterocycles. The van der Waals surface area contributed by atoms with E-state index in [1.54, 1.807) is 22.6 Å². The molecule has 50 heavy (non-hydrogen) atoms. The first-order valence-electron chi connectivity index (χ1n) is 16.1. The van der Waals surface area contributed by atoms with Crippen LogP contribution in [-0.2, 0) is 29.7 Å². The summed E-state index contributed by atoms with van der Waals surface area (Å²) in [7, 11) is 1.93. The van der Waals surface area contributed by atoms with Crippen molar-refractivity contribution in [3.63, 3.8) is 0 Å². The fourth-order valence-electron chi connectivity index (χ4n) is 5.50. The molecule has 9 nitrogen and oxygen atoms in total. The molecule has 0 aliphatic carbocycles. The van der Waals surface area contributed by atoms with E-state index in [0.29, 0.717) is 47.4 Å². The number of nitrogens with zero attached hydrogens (tertiary/aromatic N) is 6. The molecule has 0 bridgehead atoms. The highest BCUT2D eigenvalue weighted by Gasteiger charge is 2.29. The van der Waals surface area contributed by atoms with Crippen LogP contribution in [0.3, 0.4) is 0 Å². The number of ether oxygens (including phenoxy) is 1. The van der Waals surface area contributed by atoms with E-state index >= 15 is 4.39 Å². The highest BCUT2D eigenvalue weighted by Crippen LogP contribution is 2.41. The number of pyridine rings is 1. The zero-order valence-corrected chi connectivity index (χ0v) is 29.8. The summed E-state index contributed by atoms with van der Waals surface area (Å²) in [4.78, 5) is 23.7. The number of rotatable bonds is 8. The normalized spacial score (nSPS) is 14.9. The quantitative estimate of drug-likeness (QED) is 0.0989. The Morgan fingerprint density at radius 3 is 2.60 bits per heavy atom. The second kappa shape index (κ2) is 16.6. The Labute approximate surface area is 293 Å². The van der Waals surface area contributed by atoms with Crippen LogP contribution < -0.4 is 0 Å². The largest absolute Gasteiger partial charge is 0.499 e. The zero-order chi connectivity index (χ0) is 36.7. The Morgan fingerprint density at radius 2 is 1.96 bits per heavy atom. The standard InChI is InChI=1S/C30H25F3N6OS.C5H10O2.C2H6/c1-5-26(40)38-14-20-12-24(36-39(20)13-16(38)2)29-21(11-19(32)8-9-31)27-22(33)15-41-30(27)28(35-29)18-6-7-25-23(10-18)34-17(3)37(25)4;1-3-7-4-5(2)6;1-2/h5-12,15-16H,1,13-14H2,2-4H3;3,5-6H,1,4H2,2H3;1-2H3/b9-8+,19-11?;;/t16-;;/m0../s1. The molecule has 6 rings (SSSR count). The van der Waals surface area contributed by atoms with E-state index in [1.807, 2.05) is 57.5 Å². The van der Waals surface area contributed by atoms with Gasteiger partial charge in [0.1, 0.15) is 29.8 Å². The van der Waals surface area contributed by atoms with Crippen LogP contribution in [0.4, 0.5) is 13.2 Å². The third-order valence-corrected chi connectivity index (χ3v) is 8.87. The van der Waals surface area contributed by atoms with Crippen LogP contribution in [-0.4, -0.2) is 59.0 Å². The Balaban J connectivity index is 0.000000559. The maximum absolute atomic E-state index is 15.4. The maximum atomic E-state index is 15.4. The molecule has 5 aromatic rings. The van der Waals surface area contributed by atoms with Gasteiger partial charge in [0.05, 0.1) is 64.6 Å². The molecule has 0 saturated carbocycles. The van der Waals surface area contributed by atoms with E-state index in [2.05, 4.69) is 22.9 Å². The lowest BCUT2D eigenvalue weighted by molar-refractivity contribution is -0.129. The van der Waals surface area contributed by atoms with Crippen LogP contribution in [0.25, 0.3) is 49.8 Å². The van der Waals surface area contributed by atoms with E-state index < -0.39 is 17.7 Å². The van der Waals surface area contributed by atoms with Gasteiger partial charge in [-0.3, -0.25) is 9.48 Å². The summed E-state index contributed by atoms with van der Waals surface area (Å²) >= 11 is 1.16. The number of thiophene rings is 1. The van der Waals surface area contributed by atoms with Crippen molar-refractivity contribution in [2.24, 2.45) is 7.05 Å². The number of imidazole rings is 1. The number of hydrogen-bond donors (Lipinski definition) is 1. The summed E-state index contributed by atoms with van der Waals surface area (Å²) in [6, 6.07) is 7.35. The van der Waals surface area contributed by atoms with Crippen LogP contribution in [0.5, 0.6) is 0 Å². The minimum Gasteiger partial charge on any atom is -0.499 e. The fraction of sp³-hybridized carbons (Fsp3) is 0.297. The van der Waals surface area contributed by atoms with Crippen molar-refractivity contribution in [1.29, 1.82) is 0 Å². The predicted octanol–water partition coefficient (Wildman–Crippen LogP) is 8.42. The van der Waals surface area contributed by atoms with Crippen molar-refractivity contribution >= 4 is 44.4 Å². The Morgan fingerprint density at radius 1 is 1.22 bits per heavy atom. The number of allylic oxidation sites excluding steroid dienone is 2. The van der Waals surface area contributed by atoms with Crippen molar-refractivity contribution in [2.45, 2.75) is 59.9 Å². The predicted molar refractivity (Wildman–Crippen MR) is 194 cm³/mol. The first-order chi connectivity index (χ1) is 24.0. The lowest BCUT2D eigenvalue weighted by Gasteiger charge is -2.33. The molecule has 0 fully saturated rings. The molecule has 13 heteroatoms. The molecule has 2 atom stereocenters. The number of benzene rings is 1. The number of aryl methyl sites for hydroxylation is 2. The molecule has 4 aromatic heterocycles. The van der Waals surface area contributed by atoms with Gasteiger partial charge in [-0.2, -0.15) is 5.10 Å². The van der Waals surface area contributed by atoms with Gasteiger partial charge in [0.15, 0.2) is 0 Å². The number of halogens is 3. The van der Waals surface area contributed by atoms with Crippen molar-refractivity contribution in [1.82, 2.24) is 29.2 Å². The van der Waals surface area contributed by atoms with Gasteiger partial charge in [-0.1, -0.05) is 33.1 Å². The second-order valence-electron chi connectivity index (χ2n) is 11.3. The summed E-state index contributed by atoms with van der Waals surface area (Å²) in [5.41, 5.74) is 4.42. The lowest BCUT2D eigenvalue weighted by Crippen LogP contribution is -2.44.